The van der Waals surface area contributed by atoms with E-state index in [0.717, 1.165) is 12.0 Å². The number of amides is 2. The summed E-state index contributed by atoms with van der Waals surface area (Å²) in [7, 11) is 0. The van der Waals surface area contributed by atoms with Gasteiger partial charge >= 0.3 is 6.03 Å². The van der Waals surface area contributed by atoms with E-state index in [0.29, 0.717) is 19.4 Å². The van der Waals surface area contributed by atoms with Crippen molar-refractivity contribution in [3.63, 3.8) is 0 Å². The maximum atomic E-state index is 11.8. The number of nitrogens with one attached hydrogen (secondary N) is 2. The predicted octanol–water partition coefficient (Wildman–Crippen LogP) is 1.78. The van der Waals surface area contributed by atoms with Crippen LogP contribution in [0, 0.1) is 0 Å². The highest BCUT2D eigenvalue weighted by Crippen LogP contribution is 2.13. The molecule has 0 aliphatic heterocycles. The van der Waals surface area contributed by atoms with Gasteiger partial charge in [-0.2, -0.15) is 0 Å². The van der Waals surface area contributed by atoms with Crippen LogP contribution in [0.15, 0.2) is 24.3 Å². The first-order chi connectivity index (χ1) is 9.49. The lowest BCUT2D eigenvalue weighted by Crippen LogP contribution is -2.50. The molecule has 0 saturated carbocycles. The summed E-state index contributed by atoms with van der Waals surface area (Å²) in [6.07, 6.45) is 1.95. The number of phenolic OH excluding ortho intramolecular Hbond substituents is 1. The van der Waals surface area contributed by atoms with Crippen molar-refractivity contribution in [2.24, 2.45) is 0 Å². The van der Waals surface area contributed by atoms with Gasteiger partial charge in [0, 0.05) is 18.7 Å². The zero-order valence-corrected chi connectivity index (χ0v) is 12.1. The quantitative estimate of drug-likeness (QED) is 0.614. The lowest BCUT2D eigenvalue weighted by Gasteiger charge is -2.29. The van der Waals surface area contributed by atoms with Gasteiger partial charge in [0.2, 0.25) is 0 Å². The van der Waals surface area contributed by atoms with E-state index in [2.05, 4.69) is 10.6 Å². The molecule has 2 amide bonds. The van der Waals surface area contributed by atoms with E-state index in [9.17, 15) is 9.90 Å². The van der Waals surface area contributed by atoms with Gasteiger partial charge in [-0.25, -0.2) is 4.79 Å². The second kappa shape index (κ2) is 7.75. The molecule has 20 heavy (non-hydrogen) atoms. The summed E-state index contributed by atoms with van der Waals surface area (Å²) in [5.74, 6) is 0.230. The molecule has 5 nitrogen and oxygen atoms in total. The number of hydrogen-bond donors (Lipinski definition) is 4. The Morgan fingerprint density at radius 2 is 2.15 bits per heavy atom. The van der Waals surface area contributed by atoms with E-state index < -0.39 is 0 Å². The molecule has 0 aliphatic carbocycles. The second-order valence-corrected chi connectivity index (χ2v) is 5.19. The Bertz CT molecular complexity index is 437. The Balaban J connectivity index is 2.36. The first-order valence-electron chi connectivity index (χ1n) is 6.94. The fourth-order valence-electron chi connectivity index (χ4n) is 1.93. The molecule has 0 radical (unpaired) electrons. The Labute approximate surface area is 120 Å². The molecule has 1 atom stereocenters. The van der Waals surface area contributed by atoms with Gasteiger partial charge in [-0.1, -0.05) is 19.1 Å². The average Bonchev–Trinajstić information content (AvgIpc) is 2.39. The molecular weight excluding hydrogens is 256 g/mol. The van der Waals surface area contributed by atoms with Gasteiger partial charge in [0.05, 0.1) is 0 Å². The fourth-order valence-corrected chi connectivity index (χ4v) is 1.93. The summed E-state index contributed by atoms with van der Waals surface area (Å²) in [6.45, 7) is 4.43. The summed E-state index contributed by atoms with van der Waals surface area (Å²) in [6, 6.07) is 6.75. The van der Waals surface area contributed by atoms with Crippen LogP contribution in [0.25, 0.3) is 0 Å². The number of benzene rings is 1. The predicted molar refractivity (Wildman–Crippen MR) is 78.7 cm³/mol. The van der Waals surface area contributed by atoms with Crippen LogP contribution in [0.4, 0.5) is 4.79 Å². The zero-order chi connectivity index (χ0) is 15.0. The third-order valence-electron chi connectivity index (χ3n) is 3.47. The normalized spacial score (nSPS) is 13.6. The molecule has 0 bridgehead atoms. The molecule has 0 heterocycles. The molecule has 1 aromatic carbocycles. The fraction of sp³-hybridized carbons (Fsp3) is 0.533. The van der Waals surface area contributed by atoms with Crippen molar-refractivity contribution in [2.75, 3.05) is 13.2 Å². The Hall–Kier alpha value is -1.75. The van der Waals surface area contributed by atoms with Crippen molar-refractivity contribution in [1.82, 2.24) is 10.6 Å². The highest BCUT2D eigenvalue weighted by molar-refractivity contribution is 5.74. The maximum Gasteiger partial charge on any atom is 0.315 e. The van der Waals surface area contributed by atoms with Crippen molar-refractivity contribution in [1.29, 1.82) is 0 Å². The number of rotatable bonds is 7. The van der Waals surface area contributed by atoms with Gasteiger partial charge < -0.3 is 20.8 Å². The van der Waals surface area contributed by atoms with Gasteiger partial charge in [0.1, 0.15) is 5.75 Å². The number of carbonyl (C=O) groups excluding carboxylic acids is 1. The third kappa shape index (κ3) is 5.48. The van der Waals surface area contributed by atoms with E-state index in [1.807, 2.05) is 19.9 Å². The van der Waals surface area contributed by atoms with E-state index in [-0.39, 0.29) is 23.9 Å². The molecule has 4 N–H and O–H groups in total. The third-order valence-corrected chi connectivity index (χ3v) is 3.47. The summed E-state index contributed by atoms with van der Waals surface area (Å²) in [5.41, 5.74) is 0.586. The number of phenols is 1. The average molecular weight is 280 g/mol. The van der Waals surface area contributed by atoms with Gasteiger partial charge in [0.15, 0.2) is 0 Å². The minimum absolute atomic E-state index is 0.0495. The lowest BCUT2D eigenvalue weighted by molar-refractivity contribution is 0.201. The van der Waals surface area contributed by atoms with Crippen molar-refractivity contribution in [3.05, 3.63) is 29.8 Å². The summed E-state index contributed by atoms with van der Waals surface area (Å²) < 4.78 is 0. The van der Waals surface area contributed by atoms with Crippen molar-refractivity contribution < 1.29 is 15.0 Å². The van der Waals surface area contributed by atoms with Crippen molar-refractivity contribution in [3.8, 4) is 5.75 Å². The van der Waals surface area contributed by atoms with Crippen LogP contribution < -0.4 is 10.6 Å². The van der Waals surface area contributed by atoms with Gasteiger partial charge in [-0.05, 0) is 43.9 Å². The molecule has 0 aromatic heterocycles. The van der Waals surface area contributed by atoms with Crippen LogP contribution in [0.2, 0.25) is 0 Å². The standard InChI is InChI=1S/C15H24N2O3/c1-3-15(2,8-10-18)17-14(20)16-9-7-12-5-4-6-13(19)11-12/h4-6,11,18-19H,3,7-10H2,1-2H3,(H2,16,17,20). The van der Waals surface area contributed by atoms with E-state index in [1.54, 1.807) is 18.2 Å². The minimum atomic E-state index is -0.385. The van der Waals surface area contributed by atoms with Crippen LogP contribution >= 0.6 is 0 Å². The lowest BCUT2D eigenvalue weighted by atomic mass is 9.95. The first kappa shape index (κ1) is 16.3. The maximum absolute atomic E-state index is 11.8. The van der Waals surface area contributed by atoms with E-state index in [1.165, 1.54) is 0 Å². The number of aliphatic hydroxyl groups is 1. The summed E-state index contributed by atoms with van der Waals surface area (Å²) in [4.78, 5) is 11.8. The molecular formula is C15H24N2O3. The van der Waals surface area contributed by atoms with Crippen LogP contribution in [0.3, 0.4) is 0 Å². The topological polar surface area (TPSA) is 81.6 Å². The minimum Gasteiger partial charge on any atom is -0.508 e. The Kier molecular flexibility index (Phi) is 6.31. The smallest absolute Gasteiger partial charge is 0.315 e. The highest BCUT2D eigenvalue weighted by Gasteiger charge is 2.23. The van der Waals surface area contributed by atoms with Gasteiger partial charge in [-0.3, -0.25) is 0 Å². The molecule has 112 valence electrons. The molecule has 0 fully saturated rings. The molecule has 1 aromatic rings. The van der Waals surface area contributed by atoms with Crippen molar-refractivity contribution in [2.45, 2.75) is 38.6 Å². The Morgan fingerprint density at radius 1 is 1.40 bits per heavy atom. The monoisotopic (exact) mass is 280 g/mol. The van der Waals surface area contributed by atoms with E-state index in [4.69, 9.17) is 5.11 Å². The molecule has 0 aliphatic rings. The summed E-state index contributed by atoms with van der Waals surface area (Å²) in [5, 5.41) is 24.0. The van der Waals surface area contributed by atoms with Crippen LogP contribution in [-0.2, 0) is 6.42 Å². The van der Waals surface area contributed by atoms with Crippen LogP contribution in [-0.4, -0.2) is 34.9 Å². The highest BCUT2D eigenvalue weighted by atomic mass is 16.3. The van der Waals surface area contributed by atoms with E-state index >= 15 is 0 Å². The number of hydrogen-bond acceptors (Lipinski definition) is 3. The molecule has 1 unspecified atom stereocenters. The number of carbonyl (C=O) groups is 1. The van der Waals surface area contributed by atoms with Crippen LogP contribution in [0.1, 0.15) is 32.3 Å². The molecule has 0 saturated heterocycles. The van der Waals surface area contributed by atoms with Crippen molar-refractivity contribution >= 4 is 6.03 Å². The second-order valence-electron chi connectivity index (χ2n) is 5.19. The van der Waals surface area contributed by atoms with Gasteiger partial charge in [-0.15, -0.1) is 0 Å². The SMILES string of the molecule is CCC(C)(CCO)NC(=O)NCCc1cccc(O)c1. The van der Waals surface area contributed by atoms with Gasteiger partial charge in [0.25, 0.3) is 0 Å². The first-order valence-corrected chi connectivity index (χ1v) is 6.94. The summed E-state index contributed by atoms with van der Waals surface area (Å²) >= 11 is 0. The molecule has 1 rings (SSSR count). The number of aliphatic hydroxyl groups excluding tert-OH is 1. The molecule has 0 spiro atoms. The number of urea groups is 1. The van der Waals surface area contributed by atoms with Crippen LogP contribution in [0.5, 0.6) is 5.75 Å². The Morgan fingerprint density at radius 3 is 2.75 bits per heavy atom. The zero-order valence-electron chi connectivity index (χ0n) is 12.1. The molecule has 5 heteroatoms. The number of aromatic hydroxyl groups is 1. The largest absolute Gasteiger partial charge is 0.508 e.